The van der Waals surface area contributed by atoms with Crippen LogP contribution >= 0.6 is 11.8 Å². The molecule has 0 amide bonds. The van der Waals surface area contributed by atoms with Crippen molar-refractivity contribution in [2.24, 2.45) is 5.41 Å². The van der Waals surface area contributed by atoms with Crippen molar-refractivity contribution in [3.05, 3.63) is 0 Å². The van der Waals surface area contributed by atoms with Crippen LogP contribution in [0.3, 0.4) is 0 Å². The number of Topliss-reactive ketones (excluding diaryl/α,β-unsaturated/α-hetero) is 1. The molecule has 0 spiro atoms. The Morgan fingerprint density at radius 1 is 1.46 bits per heavy atom. The third-order valence-electron chi connectivity index (χ3n) is 1.95. The van der Waals surface area contributed by atoms with Gasteiger partial charge in [0.2, 0.25) is 0 Å². The molecule has 0 bridgehead atoms. The van der Waals surface area contributed by atoms with Crippen LogP contribution in [-0.4, -0.2) is 26.1 Å². The van der Waals surface area contributed by atoms with Crippen molar-refractivity contribution >= 4 is 28.3 Å². The Balaban J connectivity index is 2.70. The highest BCUT2D eigenvalue weighted by Gasteiger charge is 2.35. The normalized spacial score (nSPS) is 30.1. The van der Waals surface area contributed by atoms with Gasteiger partial charge in [0.25, 0.3) is 0 Å². The number of hydrogen-bond acceptors (Lipinski definition) is 3. The van der Waals surface area contributed by atoms with Crippen molar-refractivity contribution < 1.29 is 9.00 Å². The largest absolute Gasteiger partial charge is 0.297 e. The zero-order chi connectivity index (χ0) is 10.1. The van der Waals surface area contributed by atoms with E-state index in [1.165, 1.54) is 0 Å². The van der Waals surface area contributed by atoms with E-state index < -0.39 is 10.8 Å². The fraction of sp³-hybridized carbons (Fsp3) is 0.889. The summed E-state index contributed by atoms with van der Waals surface area (Å²) < 4.78 is 11.3. The maximum Gasteiger partial charge on any atom is 0.163 e. The van der Waals surface area contributed by atoms with Crippen LogP contribution in [0.25, 0.3) is 0 Å². The monoisotopic (exact) mass is 220 g/mol. The molecule has 0 unspecified atom stereocenters. The lowest BCUT2D eigenvalue weighted by Crippen LogP contribution is -2.36. The number of hydrogen-bond donors (Lipinski definition) is 0. The van der Waals surface area contributed by atoms with Crippen LogP contribution in [0.5, 0.6) is 0 Å². The smallest absolute Gasteiger partial charge is 0.163 e. The summed E-state index contributed by atoms with van der Waals surface area (Å²) in [5.74, 6) is 1.80. The van der Waals surface area contributed by atoms with E-state index in [4.69, 9.17) is 0 Å². The summed E-state index contributed by atoms with van der Waals surface area (Å²) in [5.41, 5.74) is -0.356. The molecule has 1 aliphatic heterocycles. The third kappa shape index (κ3) is 2.81. The van der Waals surface area contributed by atoms with E-state index in [1.807, 2.05) is 20.8 Å². The molecule has 4 heteroatoms. The zero-order valence-corrected chi connectivity index (χ0v) is 9.96. The molecular formula is C9H16O2S2. The van der Waals surface area contributed by atoms with Gasteiger partial charge in [-0.05, 0) is 12.2 Å². The molecule has 0 aromatic heterocycles. The van der Waals surface area contributed by atoms with Crippen LogP contribution in [0.15, 0.2) is 0 Å². The molecule has 2 nitrogen and oxygen atoms in total. The molecule has 13 heavy (non-hydrogen) atoms. The Morgan fingerprint density at radius 2 is 2.08 bits per heavy atom. The van der Waals surface area contributed by atoms with Gasteiger partial charge >= 0.3 is 0 Å². The molecule has 0 saturated carbocycles. The number of thioether (sulfide) groups is 1. The van der Waals surface area contributed by atoms with Gasteiger partial charge < -0.3 is 0 Å². The fourth-order valence-corrected chi connectivity index (χ4v) is 4.76. The first-order valence-corrected chi connectivity index (χ1v) is 6.89. The molecule has 1 fully saturated rings. The molecular weight excluding hydrogens is 204 g/mol. The summed E-state index contributed by atoms with van der Waals surface area (Å²) in [6, 6.07) is 0. The highest BCUT2D eigenvalue weighted by atomic mass is 32.2. The van der Waals surface area contributed by atoms with Gasteiger partial charge in [0, 0.05) is 22.0 Å². The van der Waals surface area contributed by atoms with Gasteiger partial charge in [-0.15, -0.1) is 11.8 Å². The standard InChI is InChI=1S/C9H16O2S2/c1-9(2,3)7(10)8-12-5-4-6-13(8)11/h8H,4-6H2,1-3H3/t8-,13-/m1/s1. The lowest BCUT2D eigenvalue weighted by molar-refractivity contribution is -0.124. The topological polar surface area (TPSA) is 34.1 Å². The van der Waals surface area contributed by atoms with Gasteiger partial charge in [0.15, 0.2) is 5.78 Å². The molecule has 1 heterocycles. The van der Waals surface area contributed by atoms with E-state index in [0.29, 0.717) is 5.75 Å². The quantitative estimate of drug-likeness (QED) is 0.676. The molecule has 1 aliphatic rings. The van der Waals surface area contributed by atoms with Crippen molar-refractivity contribution in [2.75, 3.05) is 11.5 Å². The SMILES string of the molecule is CC(C)(C)C(=O)[C@@H]1SCCC[S@]1=O. The first kappa shape index (κ1) is 11.2. The van der Waals surface area contributed by atoms with Crippen molar-refractivity contribution in [2.45, 2.75) is 31.8 Å². The average molecular weight is 220 g/mol. The lowest BCUT2D eigenvalue weighted by Gasteiger charge is -2.26. The molecule has 2 atom stereocenters. The van der Waals surface area contributed by atoms with Gasteiger partial charge in [0.1, 0.15) is 4.58 Å². The van der Waals surface area contributed by atoms with E-state index >= 15 is 0 Å². The van der Waals surface area contributed by atoms with Gasteiger partial charge in [-0.2, -0.15) is 0 Å². The first-order chi connectivity index (χ1) is 5.93. The van der Waals surface area contributed by atoms with Crippen LogP contribution in [0.1, 0.15) is 27.2 Å². The number of ketones is 1. The second-order valence-electron chi connectivity index (χ2n) is 4.26. The lowest BCUT2D eigenvalue weighted by atomic mass is 9.92. The minimum absolute atomic E-state index is 0.135. The molecule has 0 aromatic carbocycles. The Kier molecular flexibility index (Phi) is 3.57. The van der Waals surface area contributed by atoms with E-state index in [0.717, 1.165) is 12.2 Å². The first-order valence-electron chi connectivity index (χ1n) is 4.46. The molecule has 1 saturated heterocycles. The molecule has 76 valence electrons. The van der Waals surface area contributed by atoms with Crippen LogP contribution in [-0.2, 0) is 15.6 Å². The van der Waals surface area contributed by atoms with E-state index in [-0.39, 0.29) is 15.8 Å². The molecule has 0 N–H and O–H groups in total. The Bertz CT molecular complexity index is 230. The maximum atomic E-state index is 11.8. The maximum absolute atomic E-state index is 11.8. The Labute approximate surface area is 86.3 Å². The molecule has 1 rings (SSSR count). The van der Waals surface area contributed by atoms with Crippen molar-refractivity contribution in [1.82, 2.24) is 0 Å². The van der Waals surface area contributed by atoms with Crippen LogP contribution in [0.4, 0.5) is 0 Å². The molecule has 0 radical (unpaired) electrons. The van der Waals surface area contributed by atoms with Gasteiger partial charge in [-0.1, -0.05) is 20.8 Å². The average Bonchev–Trinajstić information content (AvgIpc) is 2.02. The van der Waals surface area contributed by atoms with Gasteiger partial charge in [0.05, 0.1) is 0 Å². The highest BCUT2D eigenvalue weighted by Crippen LogP contribution is 2.29. The Hall–Kier alpha value is 0.170. The Morgan fingerprint density at radius 3 is 2.54 bits per heavy atom. The zero-order valence-electron chi connectivity index (χ0n) is 8.33. The number of carbonyl (C=O) groups is 1. The summed E-state index contributed by atoms with van der Waals surface area (Å²) in [4.78, 5) is 11.8. The summed E-state index contributed by atoms with van der Waals surface area (Å²) in [6.07, 6.45) is 0.977. The summed E-state index contributed by atoms with van der Waals surface area (Å²) >= 11 is 1.56. The van der Waals surface area contributed by atoms with E-state index in [9.17, 15) is 9.00 Å². The third-order valence-corrected chi connectivity index (χ3v) is 5.43. The highest BCUT2D eigenvalue weighted by molar-refractivity contribution is 8.12. The second kappa shape index (κ2) is 4.13. The molecule has 0 aliphatic carbocycles. The predicted octanol–water partition coefficient (Wildman–Crippen LogP) is 1.81. The van der Waals surface area contributed by atoms with E-state index in [1.54, 1.807) is 11.8 Å². The number of rotatable bonds is 1. The minimum atomic E-state index is -0.941. The predicted molar refractivity (Wildman–Crippen MR) is 58.3 cm³/mol. The van der Waals surface area contributed by atoms with Gasteiger partial charge in [-0.25, -0.2) is 0 Å². The minimum Gasteiger partial charge on any atom is -0.297 e. The van der Waals surface area contributed by atoms with Crippen LogP contribution in [0.2, 0.25) is 0 Å². The van der Waals surface area contributed by atoms with Crippen molar-refractivity contribution in [3.8, 4) is 0 Å². The second-order valence-corrected chi connectivity index (χ2v) is 7.41. The molecule has 0 aromatic rings. The van der Waals surface area contributed by atoms with Gasteiger partial charge in [-0.3, -0.25) is 9.00 Å². The van der Waals surface area contributed by atoms with Crippen LogP contribution in [0, 0.1) is 5.41 Å². The van der Waals surface area contributed by atoms with Crippen LogP contribution < -0.4 is 0 Å². The van der Waals surface area contributed by atoms with Crippen molar-refractivity contribution in [1.29, 1.82) is 0 Å². The number of carbonyl (C=O) groups excluding carboxylic acids is 1. The summed E-state index contributed by atoms with van der Waals surface area (Å²) in [6.45, 7) is 5.67. The van der Waals surface area contributed by atoms with E-state index in [2.05, 4.69) is 0 Å². The van der Waals surface area contributed by atoms with Crippen molar-refractivity contribution in [3.63, 3.8) is 0 Å². The fourth-order valence-electron chi connectivity index (χ4n) is 1.12. The summed E-state index contributed by atoms with van der Waals surface area (Å²) in [7, 11) is -0.941. The summed E-state index contributed by atoms with van der Waals surface area (Å²) in [5, 5.41) is 0.